The van der Waals surface area contributed by atoms with Crippen LogP contribution in [-0.4, -0.2) is 47.0 Å². The van der Waals surface area contributed by atoms with Gasteiger partial charge in [0, 0.05) is 24.6 Å². The SMILES string of the molecule is O=C(Nc1ccc(OCCCN2CCCC2)cc1)c1cnc(Oc2ccccc2)nc1. The fourth-order valence-corrected chi connectivity index (χ4v) is 3.40. The molecule has 7 nitrogen and oxygen atoms in total. The average Bonchev–Trinajstić information content (AvgIpc) is 3.33. The molecule has 0 saturated carbocycles. The Morgan fingerprint density at radius 3 is 2.35 bits per heavy atom. The topological polar surface area (TPSA) is 76.6 Å². The largest absolute Gasteiger partial charge is 0.494 e. The van der Waals surface area contributed by atoms with Crippen LogP contribution in [0.5, 0.6) is 17.5 Å². The van der Waals surface area contributed by atoms with Crippen molar-refractivity contribution in [3.8, 4) is 17.5 Å². The number of carbonyl (C=O) groups is 1. The van der Waals surface area contributed by atoms with Gasteiger partial charge in [-0.2, -0.15) is 0 Å². The molecule has 1 aliphatic heterocycles. The highest BCUT2D eigenvalue weighted by molar-refractivity contribution is 6.03. The standard InChI is InChI=1S/C24H26N4O3/c29-23(19-17-25-24(26-18-19)31-22-7-2-1-3-8-22)27-20-9-11-21(12-10-20)30-16-6-15-28-13-4-5-14-28/h1-3,7-12,17-18H,4-6,13-16H2,(H,27,29). The van der Waals surface area contributed by atoms with Crippen LogP contribution >= 0.6 is 0 Å². The highest BCUT2D eigenvalue weighted by Crippen LogP contribution is 2.18. The lowest BCUT2D eigenvalue weighted by molar-refractivity contribution is 0.102. The zero-order valence-corrected chi connectivity index (χ0v) is 17.4. The number of ether oxygens (including phenoxy) is 2. The lowest BCUT2D eigenvalue weighted by Crippen LogP contribution is -2.21. The molecule has 0 atom stereocenters. The van der Waals surface area contributed by atoms with Crippen LogP contribution in [0.15, 0.2) is 67.0 Å². The average molecular weight is 418 g/mol. The summed E-state index contributed by atoms with van der Waals surface area (Å²) in [7, 11) is 0. The van der Waals surface area contributed by atoms with Crippen LogP contribution in [-0.2, 0) is 0 Å². The number of aromatic nitrogens is 2. The summed E-state index contributed by atoms with van der Waals surface area (Å²) in [5.74, 6) is 1.15. The van der Waals surface area contributed by atoms with Crippen LogP contribution in [0, 0.1) is 0 Å². The number of hydrogen-bond donors (Lipinski definition) is 1. The second-order valence-corrected chi connectivity index (χ2v) is 7.40. The highest BCUT2D eigenvalue weighted by Gasteiger charge is 2.11. The normalized spacial score (nSPS) is 13.7. The minimum atomic E-state index is -0.287. The molecule has 7 heteroatoms. The predicted molar refractivity (Wildman–Crippen MR) is 119 cm³/mol. The van der Waals surface area contributed by atoms with Gasteiger partial charge in [-0.1, -0.05) is 18.2 Å². The molecule has 0 aliphatic carbocycles. The molecule has 1 N–H and O–H groups in total. The van der Waals surface area contributed by atoms with E-state index in [9.17, 15) is 4.79 Å². The monoisotopic (exact) mass is 418 g/mol. The predicted octanol–water partition coefficient (Wildman–Crippen LogP) is 4.39. The van der Waals surface area contributed by atoms with E-state index < -0.39 is 0 Å². The van der Waals surface area contributed by atoms with E-state index in [1.165, 1.54) is 38.3 Å². The van der Waals surface area contributed by atoms with Crippen LogP contribution in [0.2, 0.25) is 0 Å². The van der Waals surface area contributed by atoms with Gasteiger partial charge in [0.1, 0.15) is 11.5 Å². The zero-order chi connectivity index (χ0) is 21.3. The number of anilines is 1. The molecule has 0 spiro atoms. The van der Waals surface area contributed by atoms with Crippen molar-refractivity contribution < 1.29 is 14.3 Å². The number of likely N-dealkylation sites (tertiary alicyclic amines) is 1. The first kappa shape index (κ1) is 20.8. The molecule has 2 heterocycles. The Kier molecular flexibility index (Phi) is 7.08. The summed E-state index contributed by atoms with van der Waals surface area (Å²) in [4.78, 5) is 23.1. The van der Waals surface area contributed by atoms with E-state index in [0.717, 1.165) is 18.7 Å². The maximum absolute atomic E-state index is 12.4. The fraction of sp³-hybridized carbons (Fsp3) is 0.292. The molecule has 4 rings (SSSR count). The van der Waals surface area contributed by atoms with Crippen molar-refractivity contribution in [2.45, 2.75) is 19.3 Å². The number of benzene rings is 2. The van der Waals surface area contributed by atoms with E-state index in [2.05, 4.69) is 20.2 Å². The Labute approximate surface area is 182 Å². The molecule has 1 amide bonds. The van der Waals surface area contributed by atoms with Crippen LogP contribution in [0.25, 0.3) is 0 Å². The first-order valence-corrected chi connectivity index (χ1v) is 10.6. The number of carbonyl (C=O) groups excluding carboxylic acids is 1. The van der Waals surface area contributed by atoms with Gasteiger partial charge in [-0.15, -0.1) is 0 Å². The van der Waals surface area contributed by atoms with E-state index in [4.69, 9.17) is 9.47 Å². The molecular formula is C24H26N4O3. The van der Waals surface area contributed by atoms with Gasteiger partial charge in [0.05, 0.1) is 12.2 Å². The Morgan fingerprint density at radius 1 is 0.935 bits per heavy atom. The molecular weight excluding hydrogens is 392 g/mol. The highest BCUT2D eigenvalue weighted by atomic mass is 16.5. The van der Waals surface area contributed by atoms with E-state index in [0.29, 0.717) is 23.6 Å². The van der Waals surface area contributed by atoms with Gasteiger partial charge < -0.3 is 19.7 Å². The number of hydrogen-bond acceptors (Lipinski definition) is 6. The second kappa shape index (κ2) is 10.5. The zero-order valence-electron chi connectivity index (χ0n) is 17.4. The Morgan fingerprint density at radius 2 is 1.65 bits per heavy atom. The van der Waals surface area contributed by atoms with Crippen molar-refractivity contribution in [3.63, 3.8) is 0 Å². The number of nitrogens with one attached hydrogen (secondary N) is 1. The summed E-state index contributed by atoms with van der Waals surface area (Å²) in [5.41, 5.74) is 1.03. The van der Waals surface area contributed by atoms with Gasteiger partial charge in [-0.3, -0.25) is 4.79 Å². The van der Waals surface area contributed by atoms with Crippen LogP contribution in [0.3, 0.4) is 0 Å². The number of nitrogens with zero attached hydrogens (tertiary/aromatic N) is 3. The number of para-hydroxylation sites is 1. The van der Waals surface area contributed by atoms with Gasteiger partial charge in [0.25, 0.3) is 5.91 Å². The van der Waals surface area contributed by atoms with Crippen molar-refractivity contribution >= 4 is 11.6 Å². The third kappa shape index (κ3) is 6.26. The fourth-order valence-electron chi connectivity index (χ4n) is 3.40. The lowest BCUT2D eigenvalue weighted by atomic mass is 10.2. The smallest absolute Gasteiger partial charge is 0.321 e. The van der Waals surface area contributed by atoms with E-state index in [1.54, 1.807) is 0 Å². The molecule has 0 bridgehead atoms. The van der Waals surface area contributed by atoms with Gasteiger partial charge in [-0.05, 0) is 68.8 Å². The summed E-state index contributed by atoms with van der Waals surface area (Å²) < 4.78 is 11.3. The maximum atomic E-state index is 12.4. The quantitative estimate of drug-likeness (QED) is 0.520. The first-order chi connectivity index (χ1) is 15.3. The van der Waals surface area contributed by atoms with Crippen LogP contribution < -0.4 is 14.8 Å². The molecule has 0 unspecified atom stereocenters. The second-order valence-electron chi connectivity index (χ2n) is 7.40. The molecule has 1 fully saturated rings. The van der Waals surface area contributed by atoms with Crippen LogP contribution in [0.1, 0.15) is 29.6 Å². The molecule has 2 aromatic carbocycles. The molecule has 1 aromatic heterocycles. The Balaban J connectivity index is 1.23. The van der Waals surface area contributed by atoms with Crippen molar-refractivity contribution in [2.75, 3.05) is 31.6 Å². The summed E-state index contributed by atoms with van der Waals surface area (Å²) >= 11 is 0. The lowest BCUT2D eigenvalue weighted by Gasteiger charge is -2.14. The third-order valence-electron chi connectivity index (χ3n) is 5.04. The van der Waals surface area contributed by atoms with Crippen molar-refractivity contribution in [3.05, 3.63) is 72.6 Å². The third-order valence-corrected chi connectivity index (χ3v) is 5.04. The molecule has 1 aliphatic rings. The Bertz CT molecular complexity index is 956. The van der Waals surface area contributed by atoms with Gasteiger partial charge in [0.15, 0.2) is 0 Å². The van der Waals surface area contributed by atoms with Crippen molar-refractivity contribution in [2.24, 2.45) is 0 Å². The summed E-state index contributed by atoms with van der Waals surface area (Å²) in [5, 5.41) is 2.84. The Hall–Kier alpha value is -3.45. The summed E-state index contributed by atoms with van der Waals surface area (Å²) in [6.45, 7) is 4.20. The van der Waals surface area contributed by atoms with E-state index in [1.807, 2.05) is 54.6 Å². The van der Waals surface area contributed by atoms with Crippen LogP contribution in [0.4, 0.5) is 5.69 Å². The molecule has 0 radical (unpaired) electrons. The van der Waals surface area contributed by atoms with Gasteiger partial charge in [0.2, 0.25) is 0 Å². The number of rotatable bonds is 9. The van der Waals surface area contributed by atoms with Crippen molar-refractivity contribution in [1.82, 2.24) is 14.9 Å². The van der Waals surface area contributed by atoms with E-state index in [-0.39, 0.29) is 11.9 Å². The summed E-state index contributed by atoms with van der Waals surface area (Å²) in [6.07, 6.45) is 6.52. The molecule has 160 valence electrons. The molecule has 1 saturated heterocycles. The number of amides is 1. The van der Waals surface area contributed by atoms with E-state index >= 15 is 0 Å². The first-order valence-electron chi connectivity index (χ1n) is 10.6. The maximum Gasteiger partial charge on any atom is 0.321 e. The minimum Gasteiger partial charge on any atom is -0.494 e. The van der Waals surface area contributed by atoms with Crippen molar-refractivity contribution in [1.29, 1.82) is 0 Å². The summed E-state index contributed by atoms with van der Waals surface area (Å²) in [6, 6.07) is 16.8. The minimum absolute atomic E-state index is 0.189. The molecule has 31 heavy (non-hydrogen) atoms. The molecule has 3 aromatic rings. The van der Waals surface area contributed by atoms with Gasteiger partial charge >= 0.3 is 6.01 Å². The van der Waals surface area contributed by atoms with Gasteiger partial charge in [-0.25, -0.2) is 9.97 Å².